The van der Waals surface area contributed by atoms with Crippen LogP contribution in [-0.2, 0) is 0 Å². The molecule has 0 bridgehead atoms. The van der Waals surface area contributed by atoms with Gasteiger partial charge in [-0.1, -0.05) is 25.8 Å². The summed E-state index contributed by atoms with van der Waals surface area (Å²) >= 11 is 1.70. The number of rotatable bonds is 8. The molecule has 0 aromatic heterocycles. The van der Waals surface area contributed by atoms with Gasteiger partial charge in [-0.3, -0.25) is 4.99 Å². The summed E-state index contributed by atoms with van der Waals surface area (Å²) in [5.41, 5.74) is 0. The molecule has 0 aliphatic rings. The molecule has 0 spiro atoms. The van der Waals surface area contributed by atoms with Crippen LogP contribution in [0.1, 0.15) is 20.3 Å². The van der Waals surface area contributed by atoms with Gasteiger partial charge in [0.2, 0.25) is 0 Å². The molecule has 1 N–H and O–H groups in total. The van der Waals surface area contributed by atoms with Crippen molar-refractivity contribution < 1.29 is 0 Å². The summed E-state index contributed by atoms with van der Waals surface area (Å²) in [6, 6.07) is 0. The molecule has 0 amide bonds. The van der Waals surface area contributed by atoms with Crippen molar-refractivity contribution in [2.45, 2.75) is 20.3 Å². The fourth-order valence-corrected chi connectivity index (χ4v) is 1.16. The van der Waals surface area contributed by atoms with Gasteiger partial charge in [-0.2, -0.15) is 0 Å². The number of hydrogen-bond acceptors (Lipinski definition) is 3. The Labute approximate surface area is 86.1 Å². The van der Waals surface area contributed by atoms with Crippen LogP contribution in [0.4, 0.5) is 0 Å². The highest BCUT2D eigenvalue weighted by Crippen LogP contribution is 1.92. The third-order valence-corrected chi connectivity index (χ3v) is 2.57. The van der Waals surface area contributed by atoms with Crippen LogP contribution in [0.25, 0.3) is 0 Å². The normalized spacial score (nSPS) is 11.4. The summed E-state index contributed by atoms with van der Waals surface area (Å²) < 4.78 is 3.08. The van der Waals surface area contributed by atoms with E-state index < -0.39 is 0 Å². The standard InChI is InChI=1S/C9H21N3S/c1-4-8-13-11-9-10-6-7-12(3)5-2/h9H,4-8H2,1-3H3,(H,10,11). The van der Waals surface area contributed by atoms with Crippen molar-refractivity contribution in [3.63, 3.8) is 0 Å². The zero-order chi connectivity index (χ0) is 9.94. The molecule has 0 heterocycles. The van der Waals surface area contributed by atoms with Gasteiger partial charge in [0.1, 0.15) is 0 Å². The summed E-state index contributed by atoms with van der Waals surface area (Å²) in [5, 5.41) is 0. The largest absolute Gasteiger partial charge is 0.321 e. The van der Waals surface area contributed by atoms with E-state index in [4.69, 9.17) is 0 Å². The van der Waals surface area contributed by atoms with Crippen LogP contribution >= 0.6 is 11.9 Å². The first-order valence-corrected chi connectivity index (χ1v) is 5.84. The van der Waals surface area contributed by atoms with E-state index >= 15 is 0 Å². The minimum atomic E-state index is 0.879. The maximum Gasteiger partial charge on any atom is 0.0923 e. The van der Waals surface area contributed by atoms with Crippen molar-refractivity contribution in [2.75, 3.05) is 32.4 Å². The van der Waals surface area contributed by atoms with Gasteiger partial charge in [0.15, 0.2) is 0 Å². The predicted octanol–water partition coefficient (Wildman–Crippen LogP) is 1.61. The van der Waals surface area contributed by atoms with Crippen LogP contribution in [0, 0.1) is 0 Å². The second kappa shape index (κ2) is 9.86. The maximum atomic E-state index is 4.23. The van der Waals surface area contributed by atoms with Gasteiger partial charge in [0, 0.05) is 12.3 Å². The van der Waals surface area contributed by atoms with Gasteiger partial charge in [-0.25, -0.2) is 0 Å². The second-order valence-electron chi connectivity index (χ2n) is 2.90. The quantitative estimate of drug-likeness (QED) is 0.281. The Hall–Kier alpha value is -0.220. The Morgan fingerprint density at radius 2 is 2.23 bits per heavy atom. The first-order valence-electron chi connectivity index (χ1n) is 4.85. The molecule has 0 saturated carbocycles. The van der Waals surface area contributed by atoms with Gasteiger partial charge in [0.25, 0.3) is 0 Å². The molecule has 0 aliphatic carbocycles. The first-order chi connectivity index (χ1) is 6.31. The Morgan fingerprint density at radius 3 is 2.85 bits per heavy atom. The summed E-state index contributed by atoms with van der Waals surface area (Å²) in [7, 11) is 2.11. The van der Waals surface area contributed by atoms with Crippen LogP contribution in [0.3, 0.4) is 0 Å². The molecule has 0 fully saturated rings. The average molecular weight is 203 g/mol. The van der Waals surface area contributed by atoms with E-state index in [1.54, 1.807) is 18.3 Å². The van der Waals surface area contributed by atoms with Crippen molar-refractivity contribution in [1.29, 1.82) is 0 Å². The molecule has 0 atom stereocenters. The summed E-state index contributed by atoms with van der Waals surface area (Å²) in [5.74, 6) is 1.14. The van der Waals surface area contributed by atoms with Gasteiger partial charge in [-0.15, -0.1) is 0 Å². The number of likely N-dealkylation sites (N-methyl/N-ethyl adjacent to an activating group) is 1. The summed E-state index contributed by atoms with van der Waals surface area (Å²) in [6.45, 7) is 7.33. The number of nitrogens with zero attached hydrogens (tertiary/aromatic N) is 2. The lowest BCUT2D eigenvalue weighted by Crippen LogP contribution is -2.21. The van der Waals surface area contributed by atoms with Crippen LogP contribution in [0.15, 0.2) is 4.99 Å². The lowest BCUT2D eigenvalue weighted by molar-refractivity contribution is 0.363. The molecule has 0 radical (unpaired) electrons. The van der Waals surface area contributed by atoms with Crippen molar-refractivity contribution in [3.05, 3.63) is 0 Å². The lowest BCUT2D eigenvalue weighted by Gasteiger charge is -2.10. The molecule has 0 saturated heterocycles. The van der Waals surface area contributed by atoms with E-state index in [1.165, 1.54) is 6.42 Å². The maximum absolute atomic E-state index is 4.23. The Bertz CT molecular complexity index is 128. The molecular formula is C9H21N3S. The van der Waals surface area contributed by atoms with Crippen molar-refractivity contribution in [3.8, 4) is 0 Å². The zero-order valence-corrected chi connectivity index (χ0v) is 9.73. The van der Waals surface area contributed by atoms with E-state index in [2.05, 4.69) is 35.5 Å². The van der Waals surface area contributed by atoms with Crippen LogP contribution in [0.5, 0.6) is 0 Å². The minimum Gasteiger partial charge on any atom is -0.321 e. The number of hydrogen-bond donors (Lipinski definition) is 1. The Kier molecular flexibility index (Phi) is 9.70. The molecule has 78 valence electrons. The van der Waals surface area contributed by atoms with Crippen molar-refractivity contribution in [2.24, 2.45) is 4.99 Å². The van der Waals surface area contributed by atoms with Gasteiger partial charge in [0.05, 0.1) is 12.9 Å². The molecule has 0 rings (SSSR count). The van der Waals surface area contributed by atoms with Crippen molar-refractivity contribution >= 4 is 18.3 Å². The third kappa shape index (κ3) is 9.70. The van der Waals surface area contributed by atoms with Gasteiger partial charge >= 0.3 is 0 Å². The monoisotopic (exact) mass is 203 g/mol. The SMILES string of the molecule is CCCSN/C=N/CCN(C)CC. The zero-order valence-electron chi connectivity index (χ0n) is 8.92. The highest BCUT2D eigenvalue weighted by atomic mass is 32.2. The smallest absolute Gasteiger partial charge is 0.0923 e. The highest BCUT2D eigenvalue weighted by molar-refractivity contribution is 7.97. The predicted molar refractivity (Wildman–Crippen MR) is 62.4 cm³/mol. The molecule has 0 aliphatic heterocycles. The van der Waals surface area contributed by atoms with Crippen LogP contribution < -0.4 is 4.72 Å². The Morgan fingerprint density at radius 1 is 1.46 bits per heavy atom. The average Bonchev–Trinajstić information content (AvgIpc) is 2.16. The highest BCUT2D eigenvalue weighted by Gasteiger charge is 1.89. The summed E-state index contributed by atoms with van der Waals surface area (Å²) in [6.07, 6.45) is 2.99. The topological polar surface area (TPSA) is 27.6 Å². The molecule has 0 aromatic carbocycles. The first kappa shape index (κ1) is 12.8. The number of aliphatic imine (C=N–C) groups is 1. The summed E-state index contributed by atoms with van der Waals surface area (Å²) in [4.78, 5) is 6.48. The second-order valence-corrected chi connectivity index (χ2v) is 3.83. The Balaban J connectivity index is 3.12. The van der Waals surface area contributed by atoms with Crippen LogP contribution in [-0.4, -0.2) is 43.7 Å². The van der Waals surface area contributed by atoms with E-state index in [0.717, 1.165) is 25.4 Å². The van der Waals surface area contributed by atoms with E-state index in [1.807, 2.05) is 0 Å². The molecule has 4 heteroatoms. The van der Waals surface area contributed by atoms with E-state index in [9.17, 15) is 0 Å². The van der Waals surface area contributed by atoms with Gasteiger partial charge < -0.3 is 9.62 Å². The molecule has 0 aromatic rings. The van der Waals surface area contributed by atoms with Gasteiger partial charge in [-0.05, 0) is 20.0 Å². The molecule has 3 nitrogen and oxygen atoms in total. The minimum absolute atomic E-state index is 0.879. The molecule has 13 heavy (non-hydrogen) atoms. The van der Waals surface area contributed by atoms with Crippen molar-refractivity contribution in [1.82, 2.24) is 9.62 Å². The van der Waals surface area contributed by atoms with E-state index in [0.29, 0.717) is 0 Å². The third-order valence-electron chi connectivity index (χ3n) is 1.68. The molecular weight excluding hydrogens is 182 g/mol. The van der Waals surface area contributed by atoms with E-state index in [-0.39, 0.29) is 0 Å². The molecule has 0 unspecified atom stereocenters. The lowest BCUT2D eigenvalue weighted by atomic mass is 10.5. The van der Waals surface area contributed by atoms with Crippen LogP contribution in [0.2, 0.25) is 0 Å². The fourth-order valence-electron chi connectivity index (χ4n) is 0.687. The fraction of sp³-hybridized carbons (Fsp3) is 0.889. The number of nitrogens with one attached hydrogen (secondary N) is 1.